The lowest BCUT2D eigenvalue weighted by Gasteiger charge is -2.27. The average molecular weight is 541 g/mol. The van der Waals surface area contributed by atoms with Gasteiger partial charge in [-0.05, 0) is 77.4 Å². The van der Waals surface area contributed by atoms with Gasteiger partial charge in [0.05, 0.1) is 28.4 Å². The molecule has 7 nitrogen and oxygen atoms in total. The third kappa shape index (κ3) is 6.41. The minimum atomic E-state index is -0.425. The van der Waals surface area contributed by atoms with Crippen LogP contribution in [0.15, 0.2) is 34.8 Å². The number of nitrogens with zero attached hydrogens (tertiary/aromatic N) is 1. The third-order valence-electron chi connectivity index (χ3n) is 4.73. The fourth-order valence-corrected chi connectivity index (χ4v) is 4.42. The Labute approximate surface area is 205 Å². The number of rotatable bonds is 5. The number of carbonyl (C=O) groups excluding carboxylic acids is 2. The predicted molar refractivity (Wildman–Crippen MR) is 132 cm³/mol. The van der Waals surface area contributed by atoms with Crippen molar-refractivity contribution in [2.75, 3.05) is 38.2 Å². The Hall–Kier alpha value is -2.20. The molecule has 0 aromatic heterocycles. The molecule has 2 aromatic carbocycles. The smallest absolute Gasteiger partial charge is 0.264 e. The quantitative estimate of drug-likeness (QED) is 0.557. The summed E-state index contributed by atoms with van der Waals surface area (Å²) in [7, 11) is 0. The molecule has 1 fully saturated rings. The van der Waals surface area contributed by atoms with Gasteiger partial charge in [-0.15, -0.1) is 0 Å². The molecule has 0 saturated carbocycles. The maximum absolute atomic E-state index is 12.7. The lowest BCUT2D eigenvalue weighted by Crippen LogP contribution is -2.40. The minimum absolute atomic E-state index is 0.0520. The number of amides is 2. The van der Waals surface area contributed by atoms with Crippen LogP contribution in [0, 0.1) is 13.8 Å². The molecule has 1 aliphatic heterocycles. The molecule has 1 saturated heterocycles. The van der Waals surface area contributed by atoms with Gasteiger partial charge in [0.2, 0.25) is 0 Å². The number of aryl methyl sites for hydroxylation is 2. The summed E-state index contributed by atoms with van der Waals surface area (Å²) in [5, 5.41) is 5.86. The molecule has 1 heterocycles. The highest BCUT2D eigenvalue weighted by Gasteiger charge is 2.20. The summed E-state index contributed by atoms with van der Waals surface area (Å²) in [6.07, 6.45) is 0. The predicted octanol–water partition coefficient (Wildman–Crippen LogP) is 4.08. The number of morpholine rings is 1. The molecule has 32 heavy (non-hydrogen) atoms. The van der Waals surface area contributed by atoms with Gasteiger partial charge in [0.15, 0.2) is 11.7 Å². The Morgan fingerprint density at radius 1 is 1.22 bits per heavy atom. The van der Waals surface area contributed by atoms with Crippen LogP contribution in [0.4, 0.5) is 5.69 Å². The topological polar surface area (TPSA) is 79.9 Å². The zero-order chi connectivity index (χ0) is 23.3. The van der Waals surface area contributed by atoms with Crippen molar-refractivity contribution >= 4 is 62.4 Å². The molecule has 0 radical (unpaired) electrons. The standard InChI is InChI=1S/C22H23BrClN3O4S/c1-13-9-14(2)20(16(23)10-13)31-12-19(28)26-22(32)25-18-11-15(3-4-17(18)24)21(29)27-5-7-30-8-6-27/h3-4,9-11H,5-8,12H2,1-2H3,(H2,25,26,28,32). The zero-order valence-electron chi connectivity index (χ0n) is 17.7. The van der Waals surface area contributed by atoms with E-state index < -0.39 is 5.91 Å². The van der Waals surface area contributed by atoms with E-state index in [1.807, 2.05) is 26.0 Å². The van der Waals surface area contributed by atoms with Gasteiger partial charge in [-0.1, -0.05) is 17.7 Å². The van der Waals surface area contributed by atoms with Crippen molar-refractivity contribution < 1.29 is 19.1 Å². The lowest BCUT2D eigenvalue weighted by molar-refractivity contribution is -0.121. The van der Waals surface area contributed by atoms with Crippen molar-refractivity contribution in [3.8, 4) is 5.75 Å². The van der Waals surface area contributed by atoms with Gasteiger partial charge >= 0.3 is 0 Å². The van der Waals surface area contributed by atoms with E-state index in [1.54, 1.807) is 23.1 Å². The highest BCUT2D eigenvalue weighted by Crippen LogP contribution is 2.30. The van der Waals surface area contributed by atoms with Crippen molar-refractivity contribution in [3.63, 3.8) is 0 Å². The Kier molecular flexibility index (Phi) is 8.47. The number of hydrogen-bond acceptors (Lipinski definition) is 5. The maximum atomic E-state index is 12.7. The van der Waals surface area contributed by atoms with Crippen molar-refractivity contribution in [2.24, 2.45) is 0 Å². The molecule has 1 aliphatic rings. The number of anilines is 1. The van der Waals surface area contributed by atoms with Crippen molar-refractivity contribution in [2.45, 2.75) is 13.8 Å². The second kappa shape index (κ2) is 11.1. The van der Waals surface area contributed by atoms with Gasteiger partial charge in [0.1, 0.15) is 5.75 Å². The van der Waals surface area contributed by atoms with E-state index in [9.17, 15) is 9.59 Å². The maximum Gasteiger partial charge on any atom is 0.264 e. The molecule has 0 aliphatic carbocycles. The molecule has 0 spiro atoms. The van der Waals surface area contributed by atoms with Crippen LogP contribution in [0.1, 0.15) is 21.5 Å². The Bertz CT molecular complexity index is 1020. The lowest BCUT2D eigenvalue weighted by atomic mass is 10.1. The van der Waals surface area contributed by atoms with Crippen LogP contribution in [0.3, 0.4) is 0 Å². The minimum Gasteiger partial charge on any atom is -0.482 e. The average Bonchev–Trinajstić information content (AvgIpc) is 2.74. The molecule has 10 heteroatoms. The van der Waals surface area contributed by atoms with Gasteiger partial charge in [-0.25, -0.2) is 0 Å². The summed E-state index contributed by atoms with van der Waals surface area (Å²) in [6.45, 7) is 5.78. The number of ether oxygens (including phenoxy) is 2. The number of nitrogens with one attached hydrogen (secondary N) is 2. The van der Waals surface area contributed by atoms with Gasteiger partial charge in [0, 0.05) is 18.7 Å². The summed E-state index contributed by atoms with van der Waals surface area (Å²) >= 11 is 14.9. The van der Waals surface area contributed by atoms with Crippen LogP contribution in [-0.2, 0) is 9.53 Å². The summed E-state index contributed by atoms with van der Waals surface area (Å²) in [5.74, 6) is 0.0588. The van der Waals surface area contributed by atoms with Crippen LogP contribution in [-0.4, -0.2) is 54.7 Å². The van der Waals surface area contributed by atoms with Crippen LogP contribution >= 0.6 is 39.7 Å². The Morgan fingerprint density at radius 3 is 2.62 bits per heavy atom. The van der Waals surface area contributed by atoms with Crippen molar-refractivity contribution in [1.29, 1.82) is 0 Å². The van der Waals surface area contributed by atoms with E-state index in [0.29, 0.717) is 48.3 Å². The van der Waals surface area contributed by atoms with Crippen LogP contribution in [0.25, 0.3) is 0 Å². The van der Waals surface area contributed by atoms with Gasteiger partial charge in [0.25, 0.3) is 11.8 Å². The van der Waals surface area contributed by atoms with Gasteiger partial charge in [-0.3, -0.25) is 14.9 Å². The fraction of sp³-hybridized carbons (Fsp3) is 0.318. The molecule has 2 N–H and O–H groups in total. The largest absolute Gasteiger partial charge is 0.482 e. The van der Waals surface area contributed by atoms with E-state index in [4.69, 9.17) is 33.3 Å². The Morgan fingerprint density at radius 2 is 1.94 bits per heavy atom. The van der Waals surface area contributed by atoms with E-state index in [0.717, 1.165) is 15.6 Å². The molecule has 2 aromatic rings. The zero-order valence-corrected chi connectivity index (χ0v) is 20.8. The van der Waals surface area contributed by atoms with E-state index in [-0.39, 0.29) is 17.6 Å². The number of halogens is 2. The first-order chi connectivity index (χ1) is 15.2. The molecular formula is C22H23BrClN3O4S. The molecule has 0 bridgehead atoms. The van der Waals surface area contributed by atoms with Crippen LogP contribution < -0.4 is 15.4 Å². The van der Waals surface area contributed by atoms with Crippen LogP contribution in [0.5, 0.6) is 5.75 Å². The molecule has 2 amide bonds. The molecule has 0 unspecified atom stereocenters. The molecular weight excluding hydrogens is 518 g/mol. The van der Waals surface area contributed by atoms with Crippen molar-refractivity contribution in [1.82, 2.24) is 10.2 Å². The SMILES string of the molecule is Cc1cc(C)c(OCC(=O)NC(=S)Nc2cc(C(=O)N3CCOCC3)ccc2Cl)c(Br)c1. The highest BCUT2D eigenvalue weighted by molar-refractivity contribution is 9.10. The molecule has 170 valence electrons. The van der Waals surface area contributed by atoms with Crippen LogP contribution in [0.2, 0.25) is 5.02 Å². The van der Waals surface area contributed by atoms with E-state index >= 15 is 0 Å². The number of carbonyl (C=O) groups is 2. The first-order valence-electron chi connectivity index (χ1n) is 9.91. The third-order valence-corrected chi connectivity index (χ3v) is 5.86. The highest BCUT2D eigenvalue weighted by atomic mass is 79.9. The van der Waals surface area contributed by atoms with Gasteiger partial charge < -0.3 is 19.7 Å². The molecule has 0 atom stereocenters. The summed E-state index contributed by atoms with van der Waals surface area (Å²) in [4.78, 5) is 26.7. The summed E-state index contributed by atoms with van der Waals surface area (Å²) < 4.78 is 11.7. The number of benzene rings is 2. The van der Waals surface area contributed by atoms with Crippen molar-refractivity contribution in [3.05, 3.63) is 56.5 Å². The second-order valence-corrected chi connectivity index (χ2v) is 8.95. The van der Waals surface area contributed by atoms with E-state index in [1.165, 1.54) is 0 Å². The summed E-state index contributed by atoms with van der Waals surface area (Å²) in [5.41, 5.74) is 2.90. The second-order valence-electron chi connectivity index (χ2n) is 7.28. The first-order valence-corrected chi connectivity index (χ1v) is 11.5. The number of hydrogen-bond donors (Lipinski definition) is 2. The van der Waals surface area contributed by atoms with E-state index in [2.05, 4.69) is 26.6 Å². The fourth-order valence-electron chi connectivity index (χ4n) is 3.24. The first kappa shape index (κ1) is 24.4. The monoisotopic (exact) mass is 539 g/mol. The molecule has 3 rings (SSSR count). The summed E-state index contributed by atoms with van der Waals surface area (Å²) in [6, 6.07) is 8.77. The normalized spacial score (nSPS) is 13.4. The Balaban J connectivity index is 1.58. The van der Waals surface area contributed by atoms with Gasteiger partial charge in [-0.2, -0.15) is 0 Å². The number of thiocarbonyl (C=S) groups is 1.